The van der Waals surface area contributed by atoms with E-state index >= 15 is 0 Å². The summed E-state index contributed by atoms with van der Waals surface area (Å²) in [5.74, 6) is 3.01. The minimum atomic E-state index is -2.71. The van der Waals surface area contributed by atoms with Gasteiger partial charge in [0, 0.05) is 19.1 Å². The van der Waals surface area contributed by atoms with Gasteiger partial charge >= 0.3 is 0 Å². The molecule has 17 heavy (non-hydrogen) atoms. The Bertz CT molecular complexity index is 398. The average Bonchev–Trinajstić information content (AvgIpc) is 2.64. The predicted octanol–water partition coefficient (Wildman–Crippen LogP) is 1.54. The van der Waals surface area contributed by atoms with E-state index < -0.39 is 9.84 Å². The Labute approximate surface area is 104 Å². The van der Waals surface area contributed by atoms with E-state index in [-0.39, 0.29) is 5.25 Å². The average molecular weight is 257 g/mol. The third-order valence-corrected chi connectivity index (χ3v) is 7.34. The summed E-state index contributed by atoms with van der Waals surface area (Å²) in [4.78, 5) is 2.45. The molecule has 2 saturated heterocycles. The van der Waals surface area contributed by atoms with Crippen molar-refractivity contribution in [2.75, 3.05) is 18.8 Å². The lowest BCUT2D eigenvalue weighted by Gasteiger charge is -2.41. The maximum Gasteiger partial charge on any atom is 0.156 e. The second-order valence-electron chi connectivity index (χ2n) is 6.64. The van der Waals surface area contributed by atoms with Crippen LogP contribution in [0.3, 0.4) is 0 Å². The quantitative estimate of drug-likeness (QED) is 0.769. The van der Waals surface area contributed by atoms with Gasteiger partial charge in [-0.15, -0.1) is 0 Å². The van der Waals surface area contributed by atoms with Crippen LogP contribution in [-0.2, 0) is 9.84 Å². The SMILES string of the molecule is CC(C)[C@H]1C[C@@H](CN2C[C@@H]3C[C@H]2CS3(=O)=O)C1. The highest BCUT2D eigenvalue weighted by Crippen LogP contribution is 2.41. The lowest BCUT2D eigenvalue weighted by molar-refractivity contribution is 0.0922. The second-order valence-corrected chi connectivity index (χ2v) is 8.96. The Morgan fingerprint density at radius 3 is 2.41 bits per heavy atom. The van der Waals surface area contributed by atoms with E-state index in [9.17, 15) is 8.42 Å². The fourth-order valence-electron chi connectivity index (χ4n) is 3.81. The maximum absolute atomic E-state index is 11.7. The van der Waals surface area contributed by atoms with Gasteiger partial charge in [0.1, 0.15) is 0 Å². The lowest BCUT2D eigenvalue weighted by Crippen LogP contribution is -2.45. The standard InChI is InChI=1S/C13H23NO2S/c1-9(2)11-3-10(4-11)6-14-7-13-5-12(14)8-17(13,15)16/h9-13H,3-8H2,1-2H3/t10-,11+,12-,13-/m0/s1. The fraction of sp³-hybridized carbons (Fsp3) is 1.00. The first-order valence-electron chi connectivity index (χ1n) is 6.91. The molecule has 1 saturated carbocycles. The van der Waals surface area contributed by atoms with Gasteiger partial charge in [-0.05, 0) is 37.0 Å². The minimum absolute atomic E-state index is 0.0338. The predicted molar refractivity (Wildman–Crippen MR) is 68.6 cm³/mol. The van der Waals surface area contributed by atoms with Crippen LogP contribution in [0, 0.1) is 17.8 Å². The number of sulfone groups is 1. The van der Waals surface area contributed by atoms with Gasteiger partial charge in [-0.25, -0.2) is 8.42 Å². The number of hydrogen-bond donors (Lipinski definition) is 0. The number of fused-ring (bicyclic) bond motifs is 2. The van der Waals surface area contributed by atoms with Crippen LogP contribution in [-0.4, -0.2) is 43.5 Å². The number of likely N-dealkylation sites (tertiary alicyclic amines) is 1. The summed E-state index contributed by atoms with van der Waals surface area (Å²) in [5, 5.41) is -0.0338. The van der Waals surface area contributed by atoms with Gasteiger partial charge in [-0.1, -0.05) is 13.8 Å². The highest BCUT2D eigenvalue weighted by Gasteiger charge is 2.49. The Kier molecular flexibility index (Phi) is 2.78. The maximum atomic E-state index is 11.7. The van der Waals surface area contributed by atoms with Gasteiger partial charge in [0.15, 0.2) is 9.84 Å². The molecule has 0 radical (unpaired) electrons. The van der Waals surface area contributed by atoms with E-state index in [1.165, 1.54) is 12.8 Å². The van der Waals surface area contributed by atoms with Gasteiger partial charge in [0.2, 0.25) is 0 Å². The van der Waals surface area contributed by atoms with E-state index in [0.717, 1.165) is 37.3 Å². The Morgan fingerprint density at radius 1 is 1.24 bits per heavy atom. The van der Waals surface area contributed by atoms with Gasteiger partial charge in [0.05, 0.1) is 11.0 Å². The van der Waals surface area contributed by atoms with Crippen molar-refractivity contribution in [1.29, 1.82) is 0 Å². The molecule has 3 nitrogen and oxygen atoms in total. The molecule has 0 aromatic rings. The largest absolute Gasteiger partial charge is 0.298 e. The molecule has 3 fully saturated rings. The highest BCUT2D eigenvalue weighted by atomic mass is 32.2. The minimum Gasteiger partial charge on any atom is -0.298 e. The molecule has 0 amide bonds. The highest BCUT2D eigenvalue weighted by molar-refractivity contribution is 7.92. The van der Waals surface area contributed by atoms with Gasteiger partial charge in [0.25, 0.3) is 0 Å². The van der Waals surface area contributed by atoms with Crippen molar-refractivity contribution in [2.45, 2.75) is 44.4 Å². The van der Waals surface area contributed by atoms with Crippen LogP contribution in [0.1, 0.15) is 33.1 Å². The molecule has 2 heterocycles. The Balaban J connectivity index is 1.51. The van der Waals surface area contributed by atoms with Crippen LogP contribution in [0.15, 0.2) is 0 Å². The summed E-state index contributed by atoms with van der Waals surface area (Å²) in [6, 6.07) is 0.350. The topological polar surface area (TPSA) is 37.4 Å². The van der Waals surface area contributed by atoms with E-state index in [1.54, 1.807) is 0 Å². The summed E-state index contributed by atoms with van der Waals surface area (Å²) in [6.45, 7) is 6.59. The van der Waals surface area contributed by atoms with Crippen molar-refractivity contribution in [3.05, 3.63) is 0 Å². The van der Waals surface area contributed by atoms with Crippen LogP contribution in [0.4, 0.5) is 0 Å². The van der Waals surface area contributed by atoms with Gasteiger partial charge < -0.3 is 0 Å². The van der Waals surface area contributed by atoms with Crippen LogP contribution in [0.5, 0.6) is 0 Å². The summed E-state index contributed by atoms with van der Waals surface area (Å²) in [6.07, 6.45) is 3.62. The van der Waals surface area contributed by atoms with Crippen LogP contribution >= 0.6 is 0 Å². The lowest BCUT2D eigenvalue weighted by atomic mass is 9.69. The molecule has 0 unspecified atom stereocenters. The molecule has 4 heteroatoms. The van der Waals surface area contributed by atoms with Gasteiger partial charge in [-0.2, -0.15) is 0 Å². The normalized spacial score (nSPS) is 44.2. The molecule has 2 aliphatic heterocycles. The molecule has 3 aliphatic rings. The van der Waals surface area contributed by atoms with Crippen molar-refractivity contribution < 1.29 is 8.42 Å². The molecule has 0 spiro atoms. The smallest absolute Gasteiger partial charge is 0.156 e. The summed E-state index contributed by atoms with van der Waals surface area (Å²) < 4.78 is 23.3. The first-order chi connectivity index (χ1) is 7.95. The molecular formula is C13H23NO2S. The van der Waals surface area contributed by atoms with E-state index in [0.29, 0.717) is 11.8 Å². The summed E-state index contributed by atoms with van der Waals surface area (Å²) in [7, 11) is -2.71. The number of nitrogens with zero attached hydrogens (tertiary/aromatic N) is 1. The molecule has 2 atom stereocenters. The second kappa shape index (κ2) is 3.95. The van der Waals surface area contributed by atoms with E-state index in [4.69, 9.17) is 0 Å². The number of hydrogen-bond acceptors (Lipinski definition) is 3. The van der Waals surface area contributed by atoms with E-state index in [1.807, 2.05) is 0 Å². The molecule has 0 aromatic heterocycles. The monoisotopic (exact) mass is 257 g/mol. The summed E-state index contributed by atoms with van der Waals surface area (Å²) >= 11 is 0. The molecule has 0 N–H and O–H groups in total. The van der Waals surface area contributed by atoms with Crippen LogP contribution in [0.25, 0.3) is 0 Å². The van der Waals surface area contributed by atoms with Crippen molar-refractivity contribution in [3.8, 4) is 0 Å². The first kappa shape index (κ1) is 12.0. The van der Waals surface area contributed by atoms with Crippen molar-refractivity contribution in [1.82, 2.24) is 4.90 Å². The number of rotatable bonds is 3. The van der Waals surface area contributed by atoms with Crippen LogP contribution < -0.4 is 0 Å². The summed E-state index contributed by atoms with van der Waals surface area (Å²) in [5.41, 5.74) is 0. The fourth-order valence-corrected chi connectivity index (χ4v) is 5.90. The van der Waals surface area contributed by atoms with Crippen LogP contribution in [0.2, 0.25) is 0 Å². The van der Waals surface area contributed by atoms with Gasteiger partial charge in [-0.3, -0.25) is 4.90 Å². The third-order valence-electron chi connectivity index (χ3n) is 5.13. The Morgan fingerprint density at radius 2 is 1.94 bits per heavy atom. The zero-order valence-electron chi connectivity index (χ0n) is 10.8. The molecular weight excluding hydrogens is 234 g/mol. The van der Waals surface area contributed by atoms with Crippen molar-refractivity contribution >= 4 is 9.84 Å². The van der Waals surface area contributed by atoms with Crippen molar-refractivity contribution in [3.63, 3.8) is 0 Å². The van der Waals surface area contributed by atoms with E-state index in [2.05, 4.69) is 18.7 Å². The zero-order chi connectivity index (χ0) is 12.2. The Hall–Kier alpha value is -0.0900. The molecule has 1 aliphatic carbocycles. The molecule has 0 aromatic carbocycles. The molecule has 98 valence electrons. The molecule has 2 bridgehead atoms. The first-order valence-corrected chi connectivity index (χ1v) is 8.63. The zero-order valence-corrected chi connectivity index (χ0v) is 11.6. The third kappa shape index (κ3) is 2.03. The molecule has 3 rings (SSSR count). The van der Waals surface area contributed by atoms with Crippen molar-refractivity contribution in [2.24, 2.45) is 17.8 Å².